The van der Waals surface area contributed by atoms with Crippen LogP contribution in [0.2, 0.25) is 0 Å². The summed E-state index contributed by atoms with van der Waals surface area (Å²) in [7, 11) is 0. The largest absolute Gasteiger partial charge is 0.378 e. The molecule has 2 amide bonds. The molecule has 4 saturated carbocycles. The first-order valence-electron chi connectivity index (χ1n) is 11.3. The van der Waals surface area contributed by atoms with Crippen molar-refractivity contribution in [3.8, 4) is 0 Å². The number of carbonyl (C=O) groups is 2. The van der Waals surface area contributed by atoms with Gasteiger partial charge >= 0.3 is 0 Å². The van der Waals surface area contributed by atoms with Crippen molar-refractivity contribution in [2.24, 2.45) is 23.2 Å². The molecule has 0 aromatic rings. The molecule has 4 aliphatic carbocycles. The van der Waals surface area contributed by atoms with Crippen LogP contribution in [0, 0.1) is 23.2 Å². The van der Waals surface area contributed by atoms with Gasteiger partial charge in [0, 0.05) is 19.7 Å². The molecular weight excluding hydrogens is 340 g/mol. The van der Waals surface area contributed by atoms with Crippen molar-refractivity contribution in [1.29, 1.82) is 0 Å². The van der Waals surface area contributed by atoms with Crippen molar-refractivity contribution < 1.29 is 14.3 Å². The Morgan fingerprint density at radius 2 is 1.70 bits per heavy atom. The van der Waals surface area contributed by atoms with E-state index in [2.05, 4.69) is 5.32 Å². The fourth-order valence-electron chi connectivity index (χ4n) is 7.31. The lowest BCUT2D eigenvalue weighted by Gasteiger charge is -2.56. The zero-order valence-electron chi connectivity index (χ0n) is 16.5. The van der Waals surface area contributed by atoms with Crippen LogP contribution in [0.15, 0.2) is 0 Å². The summed E-state index contributed by atoms with van der Waals surface area (Å²) in [5, 5.41) is 3.10. The highest BCUT2D eigenvalue weighted by Crippen LogP contribution is 2.60. The number of hydrogen-bond donors (Lipinski definition) is 1. The van der Waals surface area contributed by atoms with Crippen LogP contribution in [-0.2, 0) is 14.3 Å². The average Bonchev–Trinajstić information content (AvgIpc) is 3.31. The van der Waals surface area contributed by atoms with E-state index >= 15 is 0 Å². The highest BCUT2D eigenvalue weighted by molar-refractivity contribution is 5.91. The highest BCUT2D eigenvalue weighted by atomic mass is 16.5. The molecule has 2 saturated heterocycles. The fourth-order valence-corrected chi connectivity index (χ4v) is 7.31. The molecule has 150 valence electrons. The molecule has 2 heterocycles. The Labute approximate surface area is 162 Å². The molecule has 5 nitrogen and oxygen atoms in total. The molecule has 0 aromatic carbocycles. The molecule has 6 fully saturated rings. The van der Waals surface area contributed by atoms with Gasteiger partial charge in [-0.3, -0.25) is 9.59 Å². The molecule has 0 spiro atoms. The van der Waals surface area contributed by atoms with Gasteiger partial charge in [0.15, 0.2) is 0 Å². The van der Waals surface area contributed by atoms with Crippen LogP contribution < -0.4 is 5.32 Å². The van der Waals surface area contributed by atoms with Gasteiger partial charge in [-0.1, -0.05) is 0 Å². The van der Waals surface area contributed by atoms with Crippen LogP contribution in [0.5, 0.6) is 0 Å². The molecule has 6 rings (SSSR count). The van der Waals surface area contributed by atoms with Gasteiger partial charge in [-0.25, -0.2) is 0 Å². The van der Waals surface area contributed by atoms with Gasteiger partial charge in [0.1, 0.15) is 6.04 Å². The van der Waals surface area contributed by atoms with Crippen molar-refractivity contribution in [3.63, 3.8) is 0 Å². The summed E-state index contributed by atoms with van der Waals surface area (Å²) < 4.78 is 5.64. The molecule has 6 aliphatic rings. The number of carbonyl (C=O) groups excluding carboxylic acids is 2. The number of hydrogen-bond acceptors (Lipinski definition) is 3. The van der Waals surface area contributed by atoms with Crippen LogP contribution in [0.1, 0.15) is 70.6 Å². The summed E-state index contributed by atoms with van der Waals surface area (Å²) in [6.45, 7) is 2.29. The van der Waals surface area contributed by atoms with Crippen LogP contribution in [0.4, 0.5) is 0 Å². The van der Waals surface area contributed by atoms with Crippen molar-refractivity contribution in [2.45, 2.75) is 82.8 Å². The van der Waals surface area contributed by atoms with Crippen molar-refractivity contribution in [3.05, 3.63) is 0 Å². The minimum Gasteiger partial charge on any atom is -0.378 e. The zero-order valence-corrected chi connectivity index (χ0v) is 16.5. The molecule has 27 heavy (non-hydrogen) atoms. The molecule has 2 atom stereocenters. The van der Waals surface area contributed by atoms with Crippen molar-refractivity contribution in [2.75, 3.05) is 19.7 Å². The van der Waals surface area contributed by atoms with Crippen LogP contribution in [-0.4, -0.2) is 48.6 Å². The standard InChI is InChI=1S/C22H34N2O3/c25-20(23-6-5-18-3-2-8-27-18)19-4-1-7-24(19)21(26)22-12-15-9-16(13-22)11-17(10-15)14-22/h15-19H,1-14H2,(H,23,25)/t15?,16?,17?,18-,19+,22?/m0/s1. The maximum Gasteiger partial charge on any atom is 0.242 e. The first-order valence-corrected chi connectivity index (χ1v) is 11.3. The Bertz CT molecular complexity index is 563. The summed E-state index contributed by atoms with van der Waals surface area (Å²) in [6.07, 6.45) is 12.5. The van der Waals surface area contributed by atoms with Gasteiger partial charge in [-0.2, -0.15) is 0 Å². The van der Waals surface area contributed by atoms with Crippen LogP contribution >= 0.6 is 0 Å². The topological polar surface area (TPSA) is 58.6 Å². The van der Waals surface area contributed by atoms with E-state index in [9.17, 15) is 9.59 Å². The van der Waals surface area contributed by atoms with Gasteiger partial charge in [0.25, 0.3) is 0 Å². The number of rotatable bonds is 5. The van der Waals surface area contributed by atoms with E-state index in [1.54, 1.807) is 0 Å². The van der Waals surface area contributed by atoms with Crippen LogP contribution in [0.25, 0.3) is 0 Å². The number of likely N-dealkylation sites (tertiary alicyclic amines) is 1. The molecule has 1 N–H and O–H groups in total. The minimum absolute atomic E-state index is 0.0589. The van der Waals surface area contributed by atoms with E-state index in [0.29, 0.717) is 18.6 Å². The Balaban J connectivity index is 1.21. The summed E-state index contributed by atoms with van der Waals surface area (Å²) in [5.74, 6) is 2.67. The minimum atomic E-state index is -0.241. The SMILES string of the molecule is O=C(NCC[C@@H]1CCCO1)[C@H]1CCCN1C(=O)C12CC3CC(CC(C3)C1)C2. The van der Waals surface area contributed by atoms with Gasteiger partial charge < -0.3 is 15.0 Å². The van der Waals surface area contributed by atoms with E-state index < -0.39 is 0 Å². The van der Waals surface area contributed by atoms with Crippen molar-refractivity contribution >= 4 is 11.8 Å². The smallest absolute Gasteiger partial charge is 0.242 e. The summed E-state index contributed by atoms with van der Waals surface area (Å²) >= 11 is 0. The molecular formula is C22H34N2O3. The predicted octanol–water partition coefficient (Wildman–Crippen LogP) is 2.88. The van der Waals surface area contributed by atoms with E-state index in [4.69, 9.17) is 4.74 Å². The molecule has 0 unspecified atom stereocenters. The molecule has 0 aromatic heterocycles. The third-order valence-corrected chi connectivity index (χ3v) is 8.10. The number of nitrogens with zero attached hydrogens (tertiary/aromatic N) is 1. The van der Waals surface area contributed by atoms with Gasteiger partial charge in [0.05, 0.1) is 11.5 Å². The maximum absolute atomic E-state index is 13.6. The van der Waals surface area contributed by atoms with Gasteiger partial charge in [-0.05, 0) is 88.4 Å². The second-order valence-corrected chi connectivity index (χ2v) is 10.1. The Kier molecular flexibility index (Phi) is 4.69. The Morgan fingerprint density at radius 3 is 2.33 bits per heavy atom. The first kappa shape index (κ1) is 18.0. The quantitative estimate of drug-likeness (QED) is 0.805. The number of amides is 2. The Hall–Kier alpha value is -1.10. The maximum atomic E-state index is 13.6. The summed E-state index contributed by atoms with van der Waals surface area (Å²) in [5.41, 5.74) is -0.130. The van der Waals surface area contributed by atoms with E-state index in [0.717, 1.165) is 82.3 Å². The number of nitrogens with one attached hydrogen (secondary N) is 1. The van der Waals surface area contributed by atoms with Crippen molar-refractivity contribution in [1.82, 2.24) is 10.2 Å². The third-order valence-electron chi connectivity index (χ3n) is 8.10. The highest BCUT2D eigenvalue weighted by Gasteiger charge is 2.56. The fraction of sp³-hybridized carbons (Fsp3) is 0.909. The zero-order chi connectivity index (χ0) is 18.4. The lowest BCUT2D eigenvalue weighted by molar-refractivity contribution is -0.160. The second-order valence-electron chi connectivity index (χ2n) is 10.1. The average molecular weight is 375 g/mol. The summed E-state index contributed by atoms with van der Waals surface area (Å²) in [4.78, 5) is 28.4. The van der Waals surface area contributed by atoms with Gasteiger partial charge in [0.2, 0.25) is 11.8 Å². The summed E-state index contributed by atoms with van der Waals surface area (Å²) in [6, 6.07) is -0.241. The molecule has 0 radical (unpaired) electrons. The van der Waals surface area contributed by atoms with E-state index in [1.165, 1.54) is 19.3 Å². The lowest BCUT2D eigenvalue weighted by atomic mass is 9.49. The van der Waals surface area contributed by atoms with Crippen LogP contribution in [0.3, 0.4) is 0 Å². The molecule has 2 aliphatic heterocycles. The predicted molar refractivity (Wildman–Crippen MR) is 102 cm³/mol. The first-order chi connectivity index (χ1) is 13.1. The van der Waals surface area contributed by atoms with E-state index in [1.807, 2.05) is 4.90 Å². The third kappa shape index (κ3) is 3.30. The lowest BCUT2D eigenvalue weighted by Crippen LogP contribution is -2.57. The molecule has 4 bridgehead atoms. The number of ether oxygens (including phenoxy) is 1. The van der Waals surface area contributed by atoms with Gasteiger partial charge in [-0.15, -0.1) is 0 Å². The van der Waals surface area contributed by atoms with E-state index in [-0.39, 0.29) is 17.4 Å². The normalized spacial score (nSPS) is 42.7. The second kappa shape index (κ2) is 7.06. The Morgan fingerprint density at radius 1 is 1.00 bits per heavy atom. The molecule has 5 heteroatoms. The monoisotopic (exact) mass is 374 g/mol.